The number of carbonyl (C=O) groups excluding carboxylic acids is 2. The van der Waals surface area contributed by atoms with Gasteiger partial charge in [-0.1, -0.05) is 6.07 Å². The van der Waals surface area contributed by atoms with Crippen LogP contribution in [0.5, 0.6) is 0 Å². The van der Waals surface area contributed by atoms with Crippen molar-refractivity contribution in [2.75, 3.05) is 20.1 Å². The highest BCUT2D eigenvalue weighted by molar-refractivity contribution is 7.10. The lowest BCUT2D eigenvalue weighted by Crippen LogP contribution is -2.53. The molecule has 3 rings (SSSR count). The molecule has 4 atom stereocenters. The number of piperidine rings is 1. The van der Waals surface area contributed by atoms with E-state index in [4.69, 9.17) is 4.74 Å². The maximum atomic E-state index is 13.1. The van der Waals surface area contributed by atoms with Crippen LogP contribution in [-0.4, -0.2) is 54.0 Å². The summed E-state index contributed by atoms with van der Waals surface area (Å²) in [5.41, 5.74) is 0. The third-order valence-electron chi connectivity index (χ3n) is 4.74. The Kier molecular flexibility index (Phi) is 4.73. The number of thiophene rings is 1. The van der Waals surface area contributed by atoms with E-state index in [0.717, 1.165) is 4.88 Å². The molecule has 3 heterocycles. The van der Waals surface area contributed by atoms with Crippen molar-refractivity contribution in [3.63, 3.8) is 0 Å². The zero-order valence-electron chi connectivity index (χ0n) is 13.9. The molecule has 2 fully saturated rings. The van der Waals surface area contributed by atoms with E-state index in [0.29, 0.717) is 25.9 Å². The fourth-order valence-corrected chi connectivity index (χ4v) is 4.67. The van der Waals surface area contributed by atoms with E-state index in [1.165, 1.54) is 0 Å². The van der Waals surface area contributed by atoms with Gasteiger partial charge in [-0.2, -0.15) is 0 Å². The van der Waals surface area contributed by atoms with Gasteiger partial charge < -0.3 is 14.5 Å². The summed E-state index contributed by atoms with van der Waals surface area (Å²) in [4.78, 5) is 30.0. The van der Waals surface area contributed by atoms with Gasteiger partial charge >= 0.3 is 0 Å². The second-order valence-corrected chi connectivity index (χ2v) is 7.59. The van der Waals surface area contributed by atoms with Crippen molar-refractivity contribution < 1.29 is 14.3 Å². The molecule has 2 amide bonds. The third kappa shape index (κ3) is 3.28. The van der Waals surface area contributed by atoms with Gasteiger partial charge in [-0.05, 0) is 31.7 Å². The molecule has 1 aromatic rings. The Hall–Kier alpha value is -1.40. The number of carbonyl (C=O) groups is 2. The predicted octanol–water partition coefficient (Wildman–Crippen LogP) is 2.29. The van der Waals surface area contributed by atoms with Crippen LogP contribution in [0.3, 0.4) is 0 Å². The summed E-state index contributed by atoms with van der Waals surface area (Å²) in [6.45, 7) is 5.27. The van der Waals surface area contributed by atoms with Crippen molar-refractivity contribution in [2.45, 2.75) is 44.9 Å². The largest absolute Gasteiger partial charge is 0.372 e. The molecule has 0 unspecified atom stereocenters. The SMILES string of the molecule is C[C@@H]1CN(C(=O)[C@@H]2CCC(=O)N(C)[C@H]2c2cccs2)C[C@@H](C)O1. The molecule has 6 heteroatoms. The summed E-state index contributed by atoms with van der Waals surface area (Å²) in [5, 5.41) is 2.00. The van der Waals surface area contributed by atoms with Gasteiger partial charge in [0, 0.05) is 31.4 Å². The first-order valence-corrected chi connectivity index (χ1v) is 9.08. The fraction of sp³-hybridized carbons (Fsp3) is 0.647. The minimum atomic E-state index is -0.158. The molecule has 2 saturated heterocycles. The van der Waals surface area contributed by atoms with Crippen molar-refractivity contribution in [3.05, 3.63) is 22.4 Å². The van der Waals surface area contributed by atoms with Crippen molar-refractivity contribution in [1.29, 1.82) is 0 Å². The van der Waals surface area contributed by atoms with Crippen LogP contribution in [0.1, 0.15) is 37.6 Å². The maximum absolute atomic E-state index is 13.1. The number of hydrogen-bond donors (Lipinski definition) is 0. The molecule has 1 aromatic heterocycles. The van der Waals surface area contributed by atoms with E-state index < -0.39 is 0 Å². The van der Waals surface area contributed by atoms with Crippen LogP contribution in [0.4, 0.5) is 0 Å². The molecule has 126 valence electrons. The fourth-order valence-electron chi connectivity index (χ4n) is 3.74. The zero-order chi connectivity index (χ0) is 16.6. The number of nitrogens with zero attached hydrogens (tertiary/aromatic N) is 2. The Balaban J connectivity index is 1.84. The van der Waals surface area contributed by atoms with Crippen LogP contribution in [0.25, 0.3) is 0 Å². The van der Waals surface area contributed by atoms with Crippen molar-refractivity contribution >= 4 is 23.2 Å². The highest BCUT2D eigenvalue weighted by Gasteiger charge is 2.42. The van der Waals surface area contributed by atoms with Gasteiger partial charge in [-0.3, -0.25) is 9.59 Å². The standard InChI is InChI=1S/C17H24N2O3S/c1-11-9-19(10-12(2)22-11)17(21)13-6-7-15(20)18(3)16(13)14-5-4-8-23-14/h4-5,8,11-13,16H,6-7,9-10H2,1-3H3/t11-,12-,13-,16-/m1/s1. The number of ether oxygens (including phenoxy) is 1. The average molecular weight is 336 g/mol. The first-order chi connectivity index (χ1) is 11.0. The number of morpholine rings is 1. The van der Waals surface area contributed by atoms with E-state index in [-0.39, 0.29) is 36.0 Å². The Morgan fingerprint density at radius 2 is 2.00 bits per heavy atom. The van der Waals surface area contributed by atoms with Crippen LogP contribution in [-0.2, 0) is 14.3 Å². The molecule has 0 saturated carbocycles. The van der Waals surface area contributed by atoms with E-state index in [2.05, 4.69) is 0 Å². The third-order valence-corrected chi connectivity index (χ3v) is 5.69. The Bertz CT molecular complexity index is 564. The summed E-state index contributed by atoms with van der Waals surface area (Å²) in [7, 11) is 1.82. The summed E-state index contributed by atoms with van der Waals surface area (Å²) in [6, 6.07) is 3.86. The van der Waals surface area contributed by atoms with Gasteiger partial charge in [-0.25, -0.2) is 0 Å². The van der Waals surface area contributed by atoms with Gasteiger partial charge in [-0.15, -0.1) is 11.3 Å². The summed E-state index contributed by atoms with van der Waals surface area (Å²) >= 11 is 1.61. The smallest absolute Gasteiger partial charge is 0.228 e. The van der Waals surface area contributed by atoms with Crippen LogP contribution in [0.15, 0.2) is 17.5 Å². The van der Waals surface area contributed by atoms with Crippen LogP contribution < -0.4 is 0 Å². The molecule has 0 N–H and O–H groups in total. The number of rotatable bonds is 2. The molecule has 0 aromatic carbocycles. The zero-order valence-corrected chi connectivity index (χ0v) is 14.7. The summed E-state index contributed by atoms with van der Waals surface area (Å²) < 4.78 is 5.73. The molecule has 0 radical (unpaired) electrons. The van der Waals surface area contributed by atoms with Crippen molar-refractivity contribution in [2.24, 2.45) is 5.92 Å². The summed E-state index contributed by atoms with van der Waals surface area (Å²) in [5.74, 6) is 0.120. The maximum Gasteiger partial charge on any atom is 0.228 e. The predicted molar refractivity (Wildman–Crippen MR) is 89.1 cm³/mol. The molecule has 0 bridgehead atoms. The van der Waals surface area contributed by atoms with Crippen LogP contribution >= 0.6 is 11.3 Å². The molecule has 2 aliphatic heterocycles. The molecular formula is C17H24N2O3S. The normalized spacial score (nSPS) is 32.2. The lowest BCUT2D eigenvalue weighted by molar-refractivity contribution is -0.154. The Morgan fingerprint density at radius 3 is 2.61 bits per heavy atom. The number of amides is 2. The minimum absolute atomic E-state index is 0.0610. The second kappa shape index (κ2) is 6.61. The van der Waals surface area contributed by atoms with E-state index in [9.17, 15) is 9.59 Å². The van der Waals surface area contributed by atoms with Crippen LogP contribution in [0, 0.1) is 5.92 Å². The van der Waals surface area contributed by atoms with Gasteiger partial charge in [0.1, 0.15) is 0 Å². The Labute approximate surface area is 141 Å². The van der Waals surface area contributed by atoms with Gasteiger partial charge in [0.05, 0.1) is 24.2 Å². The number of hydrogen-bond acceptors (Lipinski definition) is 4. The molecular weight excluding hydrogens is 312 g/mol. The topological polar surface area (TPSA) is 49.9 Å². The molecule has 5 nitrogen and oxygen atoms in total. The summed E-state index contributed by atoms with van der Waals surface area (Å²) in [6.07, 6.45) is 1.20. The molecule has 0 spiro atoms. The monoisotopic (exact) mass is 336 g/mol. The van der Waals surface area contributed by atoms with Crippen LogP contribution in [0.2, 0.25) is 0 Å². The lowest BCUT2D eigenvalue weighted by Gasteiger charge is -2.42. The van der Waals surface area contributed by atoms with Gasteiger partial charge in [0.2, 0.25) is 11.8 Å². The quantitative estimate of drug-likeness (QED) is 0.833. The first kappa shape index (κ1) is 16.5. The molecule has 2 aliphatic rings. The average Bonchev–Trinajstić information content (AvgIpc) is 3.02. The molecule has 0 aliphatic carbocycles. The van der Waals surface area contributed by atoms with Gasteiger partial charge in [0.25, 0.3) is 0 Å². The van der Waals surface area contributed by atoms with Crippen molar-refractivity contribution in [3.8, 4) is 0 Å². The molecule has 23 heavy (non-hydrogen) atoms. The lowest BCUT2D eigenvalue weighted by atomic mass is 9.86. The number of likely N-dealkylation sites (tertiary alicyclic amines) is 1. The highest BCUT2D eigenvalue weighted by Crippen LogP contribution is 2.39. The van der Waals surface area contributed by atoms with E-state index >= 15 is 0 Å². The minimum Gasteiger partial charge on any atom is -0.372 e. The second-order valence-electron chi connectivity index (χ2n) is 6.61. The Morgan fingerprint density at radius 1 is 1.30 bits per heavy atom. The first-order valence-electron chi connectivity index (χ1n) is 8.20. The van der Waals surface area contributed by atoms with Crippen molar-refractivity contribution in [1.82, 2.24) is 9.80 Å². The van der Waals surface area contributed by atoms with E-state index in [1.807, 2.05) is 43.3 Å². The van der Waals surface area contributed by atoms with E-state index in [1.54, 1.807) is 16.2 Å². The highest BCUT2D eigenvalue weighted by atomic mass is 32.1. The van der Waals surface area contributed by atoms with Gasteiger partial charge in [0.15, 0.2) is 0 Å².